The van der Waals surface area contributed by atoms with Gasteiger partial charge in [0.25, 0.3) is 0 Å². The van der Waals surface area contributed by atoms with Crippen LogP contribution in [0.4, 0.5) is 0 Å². The number of nitrogens with one attached hydrogen (secondary N) is 1. The first-order chi connectivity index (χ1) is 7.72. The molecule has 82 valence electrons. The average Bonchev–Trinajstić information content (AvgIpc) is 2.29. The van der Waals surface area contributed by atoms with Gasteiger partial charge in [0.1, 0.15) is 6.04 Å². The van der Waals surface area contributed by atoms with Gasteiger partial charge in [-0.1, -0.05) is 24.3 Å². The second-order valence-corrected chi connectivity index (χ2v) is 3.49. The van der Waals surface area contributed by atoms with Gasteiger partial charge in [-0.25, -0.2) is 0 Å². The van der Waals surface area contributed by atoms with E-state index in [9.17, 15) is 4.79 Å². The molecule has 2 aromatic rings. The van der Waals surface area contributed by atoms with E-state index >= 15 is 0 Å². The highest BCUT2D eigenvalue weighted by atomic mass is 16.4. The van der Waals surface area contributed by atoms with Crippen LogP contribution in [0.15, 0.2) is 36.4 Å². The summed E-state index contributed by atoms with van der Waals surface area (Å²) in [6.45, 7) is 0. The molecule has 2 rings (SSSR count). The number of carboxylic acids is 1. The number of nitrogens with zero attached hydrogens (tertiary/aromatic N) is 1. The van der Waals surface area contributed by atoms with Crippen LogP contribution in [-0.2, 0) is 4.79 Å². The molecule has 0 bridgehead atoms. The molecule has 0 aliphatic carbocycles. The third-order valence-electron chi connectivity index (χ3n) is 2.45. The highest BCUT2D eigenvalue weighted by Crippen LogP contribution is 2.16. The lowest BCUT2D eigenvalue weighted by atomic mass is 10.1. The predicted octanol–water partition coefficient (Wildman–Crippen LogP) is 1.58. The van der Waals surface area contributed by atoms with E-state index < -0.39 is 12.0 Å². The molecule has 1 atom stereocenters. The molecular formula is C12H12N2O2. The van der Waals surface area contributed by atoms with Gasteiger partial charge in [0.2, 0.25) is 0 Å². The number of hydrogen-bond acceptors (Lipinski definition) is 3. The molecule has 0 spiro atoms. The first-order valence-corrected chi connectivity index (χ1v) is 4.98. The molecular weight excluding hydrogens is 204 g/mol. The number of para-hydroxylation sites is 1. The van der Waals surface area contributed by atoms with Gasteiger partial charge in [-0.2, -0.15) is 0 Å². The largest absolute Gasteiger partial charge is 0.480 e. The summed E-state index contributed by atoms with van der Waals surface area (Å²) in [6, 6.07) is 10.5. The third-order valence-corrected chi connectivity index (χ3v) is 2.45. The van der Waals surface area contributed by atoms with Gasteiger partial charge in [0, 0.05) is 5.39 Å². The van der Waals surface area contributed by atoms with E-state index in [0.29, 0.717) is 5.69 Å². The number of carboxylic acid groups (broad SMARTS) is 1. The predicted molar refractivity (Wildman–Crippen MR) is 61.2 cm³/mol. The smallest absolute Gasteiger partial charge is 0.326 e. The zero-order valence-corrected chi connectivity index (χ0v) is 8.84. The van der Waals surface area contributed by atoms with Gasteiger partial charge in [0.05, 0.1) is 11.2 Å². The Morgan fingerprint density at radius 3 is 2.75 bits per heavy atom. The van der Waals surface area contributed by atoms with Crippen molar-refractivity contribution in [1.82, 2.24) is 10.3 Å². The Labute approximate surface area is 92.9 Å². The highest BCUT2D eigenvalue weighted by Gasteiger charge is 2.18. The standard InChI is InChI=1S/C12H12N2O2/c1-13-11(12(15)16)10-7-6-8-4-2-3-5-9(8)14-10/h2-7,11,13H,1H3,(H,15,16). The van der Waals surface area contributed by atoms with Gasteiger partial charge in [-0.05, 0) is 19.2 Å². The van der Waals surface area contributed by atoms with Crippen LogP contribution >= 0.6 is 0 Å². The van der Waals surface area contributed by atoms with Crippen molar-refractivity contribution in [3.8, 4) is 0 Å². The number of likely N-dealkylation sites (N-methyl/N-ethyl adjacent to an activating group) is 1. The van der Waals surface area contributed by atoms with Crippen LogP contribution in [0, 0.1) is 0 Å². The molecule has 0 aliphatic heterocycles. The highest BCUT2D eigenvalue weighted by molar-refractivity contribution is 5.80. The lowest BCUT2D eigenvalue weighted by Gasteiger charge is -2.10. The second kappa shape index (κ2) is 4.28. The van der Waals surface area contributed by atoms with Crippen LogP contribution in [0.2, 0.25) is 0 Å². The summed E-state index contributed by atoms with van der Waals surface area (Å²) in [5.74, 6) is -0.926. The molecule has 4 heteroatoms. The van der Waals surface area contributed by atoms with Crippen molar-refractivity contribution in [2.75, 3.05) is 7.05 Å². The molecule has 16 heavy (non-hydrogen) atoms. The Bertz CT molecular complexity index is 525. The maximum Gasteiger partial charge on any atom is 0.326 e. The first-order valence-electron chi connectivity index (χ1n) is 4.98. The number of carbonyl (C=O) groups is 1. The quantitative estimate of drug-likeness (QED) is 0.817. The van der Waals surface area contributed by atoms with Gasteiger partial charge in [-0.15, -0.1) is 0 Å². The summed E-state index contributed by atoms with van der Waals surface area (Å²) >= 11 is 0. The van der Waals surface area contributed by atoms with Crippen molar-refractivity contribution in [3.63, 3.8) is 0 Å². The van der Waals surface area contributed by atoms with E-state index in [-0.39, 0.29) is 0 Å². The fourth-order valence-corrected chi connectivity index (χ4v) is 1.64. The number of rotatable bonds is 3. The minimum Gasteiger partial charge on any atom is -0.480 e. The molecule has 1 unspecified atom stereocenters. The van der Waals surface area contributed by atoms with Crippen LogP contribution in [-0.4, -0.2) is 23.1 Å². The molecule has 1 aromatic heterocycles. The van der Waals surface area contributed by atoms with Gasteiger partial charge >= 0.3 is 5.97 Å². The summed E-state index contributed by atoms with van der Waals surface area (Å²) in [5, 5.41) is 12.7. The fraction of sp³-hybridized carbons (Fsp3) is 0.167. The number of benzene rings is 1. The molecule has 0 saturated heterocycles. The molecule has 0 aliphatic rings. The normalized spacial score (nSPS) is 12.6. The minimum absolute atomic E-state index is 0.522. The fourth-order valence-electron chi connectivity index (χ4n) is 1.64. The zero-order chi connectivity index (χ0) is 11.5. The summed E-state index contributed by atoms with van der Waals surface area (Å²) in [7, 11) is 1.61. The molecule has 1 heterocycles. The molecule has 2 N–H and O–H groups in total. The Kier molecular flexibility index (Phi) is 2.83. The Morgan fingerprint density at radius 1 is 1.31 bits per heavy atom. The summed E-state index contributed by atoms with van der Waals surface area (Å²) < 4.78 is 0. The monoisotopic (exact) mass is 216 g/mol. The van der Waals surface area contributed by atoms with Crippen LogP contribution < -0.4 is 5.32 Å². The number of aliphatic carboxylic acids is 1. The van der Waals surface area contributed by atoms with E-state index in [2.05, 4.69) is 10.3 Å². The molecule has 0 radical (unpaired) electrons. The zero-order valence-electron chi connectivity index (χ0n) is 8.84. The van der Waals surface area contributed by atoms with Gasteiger partial charge < -0.3 is 10.4 Å². The van der Waals surface area contributed by atoms with E-state index in [0.717, 1.165) is 10.9 Å². The Hall–Kier alpha value is -1.94. The summed E-state index contributed by atoms with van der Waals surface area (Å²) in [6.07, 6.45) is 0. The number of fused-ring (bicyclic) bond motifs is 1. The van der Waals surface area contributed by atoms with Crippen molar-refractivity contribution in [1.29, 1.82) is 0 Å². The number of pyridine rings is 1. The summed E-state index contributed by atoms with van der Waals surface area (Å²) in [4.78, 5) is 15.3. The first kappa shape index (κ1) is 10.6. The SMILES string of the molecule is CNC(C(=O)O)c1ccc2ccccc2n1. The van der Waals surface area contributed by atoms with Crippen molar-refractivity contribution in [2.24, 2.45) is 0 Å². The van der Waals surface area contributed by atoms with Crippen molar-refractivity contribution in [3.05, 3.63) is 42.1 Å². The second-order valence-electron chi connectivity index (χ2n) is 3.49. The Morgan fingerprint density at radius 2 is 2.06 bits per heavy atom. The molecule has 1 aromatic carbocycles. The van der Waals surface area contributed by atoms with E-state index in [1.165, 1.54) is 0 Å². The maximum atomic E-state index is 11.0. The molecule has 0 saturated carbocycles. The number of aromatic nitrogens is 1. The average molecular weight is 216 g/mol. The third kappa shape index (κ3) is 1.87. The van der Waals surface area contributed by atoms with Gasteiger partial charge in [0.15, 0.2) is 0 Å². The van der Waals surface area contributed by atoms with Crippen molar-refractivity contribution in [2.45, 2.75) is 6.04 Å². The van der Waals surface area contributed by atoms with Crippen molar-refractivity contribution >= 4 is 16.9 Å². The van der Waals surface area contributed by atoms with Gasteiger partial charge in [-0.3, -0.25) is 9.78 Å². The maximum absolute atomic E-state index is 11.0. The van der Waals surface area contributed by atoms with Crippen molar-refractivity contribution < 1.29 is 9.90 Å². The van der Waals surface area contributed by atoms with Crippen LogP contribution in [0.25, 0.3) is 10.9 Å². The van der Waals surface area contributed by atoms with Crippen LogP contribution in [0.3, 0.4) is 0 Å². The van der Waals surface area contributed by atoms with Crippen LogP contribution in [0.1, 0.15) is 11.7 Å². The molecule has 0 fully saturated rings. The lowest BCUT2D eigenvalue weighted by Crippen LogP contribution is -2.25. The van der Waals surface area contributed by atoms with Crippen LogP contribution in [0.5, 0.6) is 0 Å². The molecule has 0 amide bonds. The molecule has 4 nitrogen and oxygen atoms in total. The lowest BCUT2D eigenvalue weighted by molar-refractivity contribution is -0.139. The summed E-state index contributed by atoms with van der Waals surface area (Å²) in [5.41, 5.74) is 1.33. The topological polar surface area (TPSA) is 62.2 Å². The van der Waals surface area contributed by atoms with E-state index in [1.54, 1.807) is 13.1 Å². The Balaban J connectivity index is 2.49. The minimum atomic E-state index is -0.926. The van der Waals surface area contributed by atoms with E-state index in [1.807, 2.05) is 30.3 Å². The number of hydrogen-bond donors (Lipinski definition) is 2. The van der Waals surface area contributed by atoms with E-state index in [4.69, 9.17) is 5.11 Å².